The van der Waals surface area contributed by atoms with Crippen molar-refractivity contribution >= 4 is 11.9 Å². The molecule has 0 saturated carbocycles. The van der Waals surface area contributed by atoms with Crippen molar-refractivity contribution in [2.24, 2.45) is 5.16 Å². The Morgan fingerprint density at radius 3 is 2.55 bits per heavy atom. The predicted octanol–water partition coefficient (Wildman–Crippen LogP) is 4.60. The SMILES string of the molecule is N#Cc1ccccc1CO/N=C\c1ccc(OCc2ccccc2)c([N+](=O)[O-])c1. The fraction of sp³-hybridized carbons (Fsp3) is 0.0909. The van der Waals surface area contributed by atoms with Gasteiger partial charge in [0, 0.05) is 17.2 Å². The van der Waals surface area contributed by atoms with E-state index in [-0.39, 0.29) is 24.7 Å². The van der Waals surface area contributed by atoms with Crippen LogP contribution < -0.4 is 4.74 Å². The Kier molecular flexibility index (Phi) is 6.53. The first-order chi connectivity index (χ1) is 14.2. The Hall–Kier alpha value is -4.18. The molecular weight excluding hydrogens is 370 g/mol. The van der Waals surface area contributed by atoms with Gasteiger partial charge in [-0.25, -0.2) is 0 Å². The van der Waals surface area contributed by atoms with Crippen LogP contribution in [0.15, 0.2) is 78.0 Å². The van der Waals surface area contributed by atoms with E-state index in [0.29, 0.717) is 16.7 Å². The summed E-state index contributed by atoms with van der Waals surface area (Å²) < 4.78 is 5.60. The third-order valence-electron chi connectivity index (χ3n) is 4.05. The highest BCUT2D eigenvalue weighted by atomic mass is 16.6. The van der Waals surface area contributed by atoms with E-state index in [1.54, 1.807) is 30.3 Å². The van der Waals surface area contributed by atoms with Crippen molar-refractivity contribution in [3.8, 4) is 11.8 Å². The Morgan fingerprint density at radius 2 is 1.79 bits per heavy atom. The van der Waals surface area contributed by atoms with Crippen LogP contribution in [0.2, 0.25) is 0 Å². The number of benzene rings is 3. The molecule has 0 aliphatic carbocycles. The third kappa shape index (κ3) is 5.40. The van der Waals surface area contributed by atoms with Crippen LogP contribution in [0.1, 0.15) is 22.3 Å². The Balaban J connectivity index is 1.65. The smallest absolute Gasteiger partial charge is 0.311 e. The lowest BCUT2D eigenvalue weighted by Crippen LogP contribution is -2.00. The molecule has 0 amide bonds. The number of oxime groups is 1. The molecule has 0 N–H and O–H groups in total. The first-order valence-corrected chi connectivity index (χ1v) is 8.76. The second-order valence-corrected chi connectivity index (χ2v) is 6.04. The monoisotopic (exact) mass is 387 g/mol. The van der Waals surface area contributed by atoms with E-state index in [9.17, 15) is 10.1 Å². The molecule has 0 aliphatic heterocycles. The van der Waals surface area contributed by atoms with Gasteiger partial charge in [-0.2, -0.15) is 5.26 Å². The minimum atomic E-state index is -0.498. The maximum Gasteiger partial charge on any atom is 0.311 e. The Labute approximate surface area is 167 Å². The van der Waals surface area contributed by atoms with Gasteiger partial charge in [0.2, 0.25) is 0 Å². The lowest BCUT2D eigenvalue weighted by atomic mass is 10.1. The van der Waals surface area contributed by atoms with Crippen LogP contribution in [0, 0.1) is 21.4 Å². The van der Waals surface area contributed by atoms with Gasteiger partial charge in [-0.1, -0.05) is 53.7 Å². The number of rotatable bonds is 8. The zero-order chi connectivity index (χ0) is 20.5. The molecule has 0 bridgehead atoms. The largest absolute Gasteiger partial charge is 0.482 e. The Morgan fingerprint density at radius 1 is 1.03 bits per heavy atom. The molecule has 144 valence electrons. The fourth-order valence-corrected chi connectivity index (χ4v) is 2.57. The van der Waals surface area contributed by atoms with Crippen LogP contribution in [0.25, 0.3) is 0 Å². The summed E-state index contributed by atoms with van der Waals surface area (Å²) in [6.45, 7) is 0.358. The molecule has 0 saturated heterocycles. The van der Waals surface area contributed by atoms with Gasteiger partial charge < -0.3 is 9.57 Å². The second-order valence-electron chi connectivity index (χ2n) is 6.04. The van der Waals surface area contributed by atoms with E-state index in [4.69, 9.17) is 14.8 Å². The maximum atomic E-state index is 11.4. The van der Waals surface area contributed by atoms with Gasteiger partial charge >= 0.3 is 5.69 Å². The van der Waals surface area contributed by atoms with Gasteiger partial charge in [0.25, 0.3) is 0 Å². The van der Waals surface area contributed by atoms with Crippen molar-refractivity contribution < 1.29 is 14.5 Å². The number of hydrogen-bond donors (Lipinski definition) is 0. The molecule has 0 heterocycles. The molecule has 7 heteroatoms. The molecule has 3 aromatic carbocycles. The lowest BCUT2D eigenvalue weighted by molar-refractivity contribution is -0.385. The van der Waals surface area contributed by atoms with E-state index < -0.39 is 4.92 Å². The summed E-state index contributed by atoms with van der Waals surface area (Å²) in [6.07, 6.45) is 1.38. The normalized spacial score (nSPS) is 10.4. The molecule has 0 aromatic heterocycles. The Bertz CT molecular complexity index is 1060. The third-order valence-corrected chi connectivity index (χ3v) is 4.05. The molecule has 7 nitrogen and oxygen atoms in total. The van der Waals surface area contributed by atoms with Gasteiger partial charge in [0.15, 0.2) is 5.75 Å². The van der Waals surface area contributed by atoms with Gasteiger partial charge in [-0.15, -0.1) is 0 Å². The van der Waals surface area contributed by atoms with Crippen LogP contribution >= 0.6 is 0 Å². The summed E-state index contributed by atoms with van der Waals surface area (Å²) in [4.78, 5) is 16.1. The summed E-state index contributed by atoms with van der Waals surface area (Å²) in [5.74, 6) is 0.180. The molecule has 3 aromatic rings. The van der Waals surface area contributed by atoms with Crippen molar-refractivity contribution in [2.75, 3.05) is 0 Å². The summed E-state index contributed by atoms with van der Waals surface area (Å²) >= 11 is 0. The molecule has 0 atom stereocenters. The lowest BCUT2D eigenvalue weighted by Gasteiger charge is -2.07. The highest BCUT2D eigenvalue weighted by Crippen LogP contribution is 2.28. The molecule has 0 unspecified atom stereocenters. The van der Waals surface area contributed by atoms with Gasteiger partial charge in [-0.3, -0.25) is 10.1 Å². The van der Waals surface area contributed by atoms with E-state index in [1.807, 2.05) is 30.3 Å². The van der Waals surface area contributed by atoms with Crippen molar-refractivity contribution in [1.82, 2.24) is 0 Å². The van der Waals surface area contributed by atoms with E-state index in [0.717, 1.165) is 5.56 Å². The number of ether oxygens (including phenoxy) is 1. The van der Waals surface area contributed by atoms with Crippen LogP contribution in [-0.2, 0) is 18.1 Å². The standard InChI is InChI=1S/C22H17N3O4/c23-13-19-8-4-5-9-20(19)16-29-24-14-18-10-11-22(21(12-18)25(26)27)28-15-17-6-2-1-3-7-17/h1-12,14H,15-16H2/b24-14-. The molecule has 3 rings (SSSR count). The quantitative estimate of drug-likeness (QED) is 0.320. The number of nitriles is 1. The topological polar surface area (TPSA) is 97.8 Å². The summed E-state index contributed by atoms with van der Waals surface area (Å²) in [6, 6.07) is 23.1. The van der Waals surface area contributed by atoms with Gasteiger partial charge in [0.05, 0.1) is 22.8 Å². The summed E-state index contributed by atoms with van der Waals surface area (Å²) in [5, 5.41) is 24.3. The van der Waals surface area contributed by atoms with Gasteiger partial charge in [0.1, 0.15) is 13.2 Å². The molecular formula is C22H17N3O4. The van der Waals surface area contributed by atoms with Gasteiger partial charge in [-0.05, 0) is 23.8 Å². The number of nitro groups is 1. The van der Waals surface area contributed by atoms with Crippen molar-refractivity contribution in [3.63, 3.8) is 0 Å². The zero-order valence-corrected chi connectivity index (χ0v) is 15.4. The molecule has 0 aliphatic rings. The average molecular weight is 387 g/mol. The van der Waals surface area contributed by atoms with Crippen molar-refractivity contribution in [2.45, 2.75) is 13.2 Å². The number of hydrogen-bond acceptors (Lipinski definition) is 6. The molecule has 0 fully saturated rings. The highest BCUT2D eigenvalue weighted by Gasteiger charge is 2.16. The van der Waals surface area contributed by atoms with E-state index >= 15 is 0 Å². The first-order valence-electron chi connectivity index (χ1n) is 8.76. The van der Waals surface area contributed by atoms with Crippen molar-refractivity contribution in [1.29, 1.82) is 5.26 Å². The fourth-order valence-electron chi connectivity index (χ4n) is 2.57. The summed E-state index contributed by atoms with van der Waals surface area (Å²) in [7, 11) is 0. The molecule has 0 spiro atoms. The maximum absolute atomic E-state index is 11.4. The number of nitrogens with zero attached hydrogens (tertiary/aromatic N) is 3. The first kappa shape index (κ1) is 19.6. The minimum Gasteiger partial charge on any atom is -0.482 e. The summed E-state index contributed by atoms with van der Waals surface area (Å²) in [5.41, 5.74) is 2.48. The predicted molar refractivity (Wildman–Crippen MR) is 107 cm³/mol. The number of nitro benzene ring substituents is 1. The highest BCUT2D eigenvalue weighted by molar-refractivity contribution is 5.81. The van der Waals surface area contributed by atoms with Crippen molar-refractivity contribution in [3.05, 3.63) is 105 Å². The van der Waals surface area contributed by atoms with E-state index in [1.165, 1.54) is 18.3 Å². The minimum absolute atomic E-state index is 0.126. The van der Waals surface area contributed by atoms with Crippen LogP contribution in [0.3, 0.4) is 0 Å². The van der Waals surface area contributed by atoms with Crippen LogP contribution in [0.4, 0.5) is 5.69 Å². The molecule has 29 heavy (non-hydrogen) atoms. The second kappa shape index (κ2) is 9.67. The van der Waals surface area contributed by atoms with Crippen LogP contribution in [-0.4, -0.2) is 11.1 Å². The average Bonchev–Trinajstić information content (AvgIpc) is 2.76. The van der Waals surface area contributed by atoms with Crippen LogP contribution in [0.5, 0.6) is 5.75 Å². The zero-order valence-electron chi connectivity index (χ0n) is 15.4. The molecule has 0 radical (unpaired) electrons. The van der Waals surface area contributed by atoms with E-state index in [2.05, 4.69) is 11.2 Å².